The molecule has 6 nitrogen and oxygen atoms in total. The van der Waals surface area contributed by atoms with Crippen molar-refractivity contribution in [1.29, 1.82) is 0 Å². The highest BCUT2D eigenvalue weighted by Crippen LogP contribution is 2.14. The Balaban J connectivity index is 1.61. The summed E-state index contributed by atoms with van der Waals surface area (Å²) >= 11 is 0. The first kappa shape index (κ1) is 21.0. The second-order valence-electron chi connectivity index (χ2n) is 7.06. The number of hydrogen-bond acceptors (Lipinski definition) is 6. The number of hydrogen-bond donors (Lipinski definition) is 1. The van der Waals surface area contributed by atoms with Gasteiger partial charge in [-0.1, -0.05) is 24.8 Å². The fourth-order valence-corrected chi connectivity index (χ4v) is 2.86. The third kappa shape index (κ3) is 6.17. The van der Waals surface area contributed by atoms with Crippen LogP contribution in [0.3, 0.4) is 0 Å². The molecule has 3 aromatic rings. The van der Waals surface area contributed by atoms with E-state index in [2.05, 4.69) is 31.5 Å². The molecule has 30 heavy (non-hydrogen) atoms. The van der Waals surface area contributed by atoms with E-state index in [4.69, 9.17) is 5.73 Å². The Morgan fingerprint density at radius 2 is 1.73 bits per heavy atom. The fraction of sp³-hybridized carbons (Fsp3) is 0.208. The van der Waals surface area contributed by atoms with E-state index in [1.54, 1.807) is 12.4 Å². The molecule has 0 fully saturated rings. The van der Waals surface area contributed by atoms with Crippen molar-refractivity contribution in [3.8, 4) is 11.5 Å². The number of aromatic nitrogens is 5. The van der Waals surface area contributed by atoms with Crippen molar-refractivity contribution < 1.29 is 0 Å². The summed E-state index contributed by atoms with van der Waals surface area (Å²) in [6, 6.07) is 9.75. The predicted molar refractivity (Wildman–Crippen MR) is 120 cm³/mol. The Kier molecular flexibility index (Phi) is 7.16. The second-order valence-corrected chi connectivity index (χ2v) is 7.06. The molecule has 3 aromatic heterocycles. The third-order valence-corrected chi connectivity index (χ3v) is 4.35. The van der Waals surface area contributed by atoms with Gasteiger partial charge in [-0.2, -0.15) is 0 Å². The maximum atomic E-state index is 5.63. The lowest BCUT2D eigenvalue weighted by atomic mass is 10.1. The molecule has 3 heterocycles. The largest absolute Gasteiger partial charge is 0.402 e. The summed E-state index contributed by atoms with van der Waals surface area (Å²) in [4.78, 5) is 22.5. The molecule has 0 unspecified atom stereocenters. The fourth-order valence-electron chi connectivity index (χ4n) is 2.86. The summed E-state index contributed by atoms with van der Waals surface area (Å²) in [6.07, 6.45) is 11.7. The van der Waals surface area contributed by atoms with E-state index < -0.39 is 0 Å². The normalized spacial score (nSPS) is 11.7. The van der Waals surface area contributed by atoms with Crippen LogP contribution >= 0.6 is 0 Å². The van der Waals surface area contributed by atoms with Crippen LogP contribution in [0.1, 0.15) is 36.3 Å². The first-order valence-electron chi connectivity index (χ1n) is 9.89. The van der Waals surface area contributed by atoms with Gasteiger partial charge >= 0.3 is 0 Å². The molecule has 0 aliphatic rings. The molecule has 6 heteroatoms. The number of pyridine rings is 1. The molecule has 0 bridgehead atoms. The van der Waals surface area contributed by atoms with Crippen LogP contribution in [0.2, 0.25) is 0 Å². The first-order valence-corrected chi connectivity index (χ1v) is 9.89. The van der Waals surface area contributed by atoms with Crippen LogP contribution in [0.5, 0.6) is 0 Å². The lowest BCUT2D eigenvalue weighted by molar-refractivity contribution is 0.773. The molecule has 0 aromatic carbocycles. The quantitative estimate of drug-likeness (QED) is 0.571. The van der Waals surface area contributed by atoms with Crippen molar-refractivity contribution in [2.24, 2.45) is 5.73 Å². The summed E-state index contributed by atoms with van der Waals surface area (Å²) in [7, 11) is 0. The van der Waals surface area contributed by atoms with E-state index >= 15 is 0 Å². The number of rotatable bonds is 8. The van der Waals surface area contributed by atoms with Crippen LogP contribution in [0.15, 0.2) is 73.2 Å². The Bertz CT molecular complexity index is 1080. The van der Waals surface area contributed by atoms with Gasteiger partial charge in [-0.05, 0) is 63.5 Å². The van der Waals surface area contributed by atoms with Crippen LogP contribution < -0.4 is 5.73 Å². The van der Waals surface area contributed by atoms with Crippen LogP contribution in [0, 0.1) is 6.92 Å². The second kappa shape index (κ2) is 10.2. The minimum absolute atomic E-state index is 0.627. The zero-order valence-electron chi connectivity index (χ0n) is 17.4. The van der Waals surface area contributed by atoms with Gasteiger partial charge < -0.3 is 5.73 Å². The molecule has 3 rings (SSSR count). The Hall–Kier alpha value is -3.67. The summed E-state index contributed by atoms with van der Waals surface area (Å²) in [5.41, 5.74) is 10.8. The topological polar surface area (TPSA) is 90.5 Å². The molecule has 0 aliphatic heterocycles. The van der Waals surface area contributed by atoms with Crippen LogP contribution in [0.4, 0.5) is 0 Å². The number of aryl methyl sites for hydroxylation is 3. The highest BCUT2D eigenvalue weighted by atomic mass is 14.9. The molecule has 0 saturated heterocycles. The SMILES string of the molecule is C=C(/C=C\C=C(\C)N)c1nccc(CCCc2ccnc(-c3cccc(C)n3)n2)n1. The molecule has 0 saturated carbocycles. The summed E-state index contributed by atoms with van der Waals surface area (Å²) < 4.78 is 0. The average molecular weight is 399 g/mol. The number of nitrogens with two attached hydrogens (primary N) is 1. The van der Waals surface area contributed by atoms with E-state index in [0.717, 1.165) is 53.3 Å². The van der Waals surface area contributed by atoms with Crippen LogP contribution in [0.25, 0.3) is 17.1 Å². The zero-order valence-corrected chi connectivity index (χ0v) is 17.4. The minimum atomic E-state index is 0.627. The molecule has 0 spiro atoms. The monoisotopic (exact) mass is 398 g/mol. The van der Waals surface area contributed by atoms with E-state index in [0.29, 0.717) is 11.6 Å². The minimum Gasteiger partial charge on any atom is -0.402 e. The lowest BCUT2D eigenvalue weighted by Crippen LogP contribution is -2.00. The van der Waals surface area contributed by atoms with Gasteiger partial charge in [-0.25, -0.2) is 24.9 Å². The van der Waals surface area contributed by atoms with Gasteiger partial charge in [-0.15, -0.1) is 0 Å². The number of nitrogens with zero attached hydrogens (tertiary/aromatic N) is 5. The summed E-state index contributed by atoms with van der Waals surface area (Å²) in [6.45, 7) is 7.83. The standard InChI is InChI=1S/C24H26N6/c1-17(7-4-8-18(2)25)23-26-15-13-20(29-23)10-6-11-21-14-16-27-24(30-21)22-12-5-9-19(3)28-22/h4-5,7-9,12-16H,1,6,10-11,25H2,2-3H3/b7-4-,18-8-. The Morgan fingerprint density at radius 3 is 2.47 bits per heavy atom. The van der Waals surface area contributed by atoms with Crippen LogP contribution in [-0.4, -0.2) is 24.9 Å². The highest BCUT2D eigenvalue weighted by Gasteiger charge is 2.06. The van der Waals surface area contributed by atoms with Gasteiger partial charge in [0, 0.05) is 40.7 Å². The molecular weight excluding hydrogens is 372 g/mol. The molecular formula is C24H26N6. The molecule has 0 radical (unpaired) electrons. The van der Waals surface area contributed by atoms with Crippen molar-refractivity contribution in [3.63, 3.8) is 0 Å². The van der Waals surface area contributed by atoms with E-state index in [9.17, 15) is 0 Å². The third-order valence-electron chi connectivity index (χ3n) is 4.35. The zero-order chi connectivity index (χ0) is 21.3. The van der Waals surface area contributed by atoms with E-state index in [1.807, 2.05) is 62.4 Å². The maximum absolute atomic E-state index is 5.63. The van der Waals surface area contributed by atoms with Crippen molar-refractivity contribution in [2.75, 3.05) is 0 Å². The summed E-state index contributed by atoms with van der Waals surface area (Å²) in [5, 5.41) is 0. The van der Waals surface area contributed by atoms with E-state index in [1.165, 1.54) is 0 Å². The smallest absolute Gasteiger partial charge is 0.178 e. The predicted octanol–water partition coefficient (Wildman–Crippen LogP) is 4.24. The maximum Gasteiger partial charge on any atom is 0.178 e. The molecule has 0 atom stereocenters. The van der Waals surface area contributed by atoms with Gasteiger partial charge in [0.15, 0.2) is 11.6 Å². The van der Waals surface area contributed by atoms with Crippen molar-refractivity contribution in [1.82, 2.24) is 24.9 Å². The Labute approximate surface area is 177 Å². The Morgan fingerprint density at radius 1 is 1.00 bits per heavy atom. The van der Waals surface area contributed by atoms with E-state index in [-0.39, 0.29) is 0 Å². The van der Waals surface area contributed by atoms with Gasteiger partial charge in [0.1, 0.15) is 5.69 Å². The molecule has 0 aliphatic carbocycles. The van der Waals surface area contributed by atoms with Gasteiger partial charge in [-0.3, -0.25) is 0 Å². The first-order chi connectivity index (χ1) is 14.5. The van der Waals surface area contributed by atoms with Crippen molar-refractivity contribution in [3.05, 3.63) is 96.1 Å². The van der Waals surface area contributed by atoms with Gasteiger partial charge in [0.25, 0.3) is 0 Å². The molecule has 152 valence electrons. The van der Waals surface area contributed by atoms with Gasteiger partial charge in [0.05, 0.1) is 0 Å². The lowest BCUT2D eigenvalue weighted by Gasteiger charge is -2.05. The highest BCUT2D eigenvalue weighted by molar-refractivity contribution is 5.67. The molecule has 2 N–H and O–H groups in total. The van der Waals surface area contributed by atoms with Crippen LogP contribution in [-0.2, 0) is 12.8 Å². The van der Waals surface area contributed by atoms with Crippen molar-refractivity contribution >= 4 is 5.57 Å². The number of allylic oxidation sites excluding steroid dienone is 5. The van der Waals surface area contributed by atoms with Gasteiger partial charge in [0.2, 0.25) is 0 Å². The average Bonchev–Trinajstić information content (AvgIpc) is 2.74. The van der Waals surface area contributed by atoms with Crippen molar-refractivity contribution in [2.45, 2.75) is 33.1 Å². The molecule has 0 amide bonds. The summed E-state index contributed by atoms with van der Waals surface area (Å²) in [5.74, 6) is 1.28.